The second-order valence-corrected chi connectivity index (χ2v) is 6.60. The molecule has 2 atom stereocenters. The molecule has 1 fully saturated rings. The average molecular weight is 294 g/mol. The summed E-state index contributed by atoms with van der Waals surface area (Å²) in [4.78, 5) is 4.47. The lowest BCUT2D eigenvalue weighted by Gasteiger charge is -2.18. The summed E-state index contributed by atoms with van der Waals surface area (Å²) in [6.45, 7) is 2.84. The molecular weight excluding hydrogens is 276 g/mol. The zero-order chi connectivity index (χ0) is 12.9. The van der Waals surface area contributed by atoms with E-state index in [-0.39, 0.29) is 0 Å². The Morgan fingerprint density at radius 2 is 2.47 bits per heavy atom. The van der Waals surface area contributed by atoms with Gasteiger partial charge >= 0.3 is 0 Å². The molecule has 1 aliphatic heterocycles. The minimum atomic E-state index is 0.329. The molecule has 3 rings (SSSR count). The first-order valence-corrected chi connectivity index (χ1v) is 8.45. The standard InChI is InChI=1S/C14H18N2OS2/c1-4-17-9-12(1)8-16-13(14-15-3-6-19-14)7-11-2-5-18-10-11/h2-3,5-6,10,12-13,16H,1,4,7-9H2/t12-,13+/m0/s1. The van der Waals surface area contributed by atoms with Crippen LogP contribution in [-0.4, -0.2) is 24.7 Å². The number of nitrogens with zero attached hydrogens (tertiary/aromatic N) is 1. The maximum Gasteiger partial charge on any atom is 0.110 e. The van der Waals surface area contributed by atoms with E-state index in [0.717, 1.165) is 26.2 Å². The van der Waals surface area contributed by atoms with Crippen molar-refractivity contribution < 1.29 is 4.74 Å². The topological polar surface area (TPSA) is 34.1 Å². The predicted molar refractivity (Wildman–Crippen MR) is 79.8 cm³/mol. The van der Waals surface area contributed by atoms with Crippen LogP contribution < -0.4 is 5.32 Å². The van der Waals surface area contributed by atoms with E-state index in [2.05, 4.69) is 32.5 Å². The normalized spacial score (nSPS) is 20.7. The van der Waals surface area contributed by atoms with Crippen molar-refractivity contribution in [2.75, 3.05) is 19.8 Å². The predicted octanol–water partition coefficient (Wildman–Crippen LogP) is 3.11. The van der Waals surface area contributed by atoms with E-state index < -0.39 is 0 Å². The first-order valence-electron chi connectivity index (χ1n) is 6.63. The fourth-order valence-corrected chi connectivity index (χ4v) is 3.75. The van der Waals surface area contributed by atoms with Crippen LogP contribution in [0, 0.1) is 5.92 Å². The van der Waals surface area contributed by atoms with Gasteiger partial charge in [0, 0.05) is 24.7 Å². The number of ether oxygens (including phenoxy) is 1. The number of rotatable bonds is 6. The Balaban J connectivity index is 1.62. The maximum absolute atomic E-state index is 5.43. The van der Waals surface area contributed by atoms with Gasteiger partial charge in [-0.15, -0.1) is 11.3 Å². The third-order valence-electron chi connectivity index (χ3n) is 3.45. The van der Waals surface area contributed by atoms with Gasteiger partial charge < -0.3 is 10.1 Å². The molecule has 1 N–H and O–H groups in total. The fourth-order valence-electron chi connectivity index (χ4n) is 2.35. The van der Waals surface area contributed by atoms with Crippen LogP contribution in [-0.2, 0) is 11.2 Å². The van der Waals surface area contributed by atoms with Crippen molar-refractivity contribution in [2.24, 2.45) is 5.92 Å². The van der Waals surface area contributed by atoms with Gasteiger partial charge in [-0.2, -0.15) is 11.3 Å². The number of thiazole rings is 1. The lowest BCUT2D eigenvalue weighted by molar-refractivity contribution is 0.184. The molecule has 3 nitrogen and oxygen atoms in total. The number of hydrogen-bond donors (Lipinski definition) is 1. The summed E-state index contributed by atoms with van der Waals surface area (Å²) >= 11 is 3.49. The van der Waals surface area contributed by atoms with Crippen molar-refractivity contribution in [3.05, 3.63) is 39.0 Å². The van der Waals surface area contributed by atoms with E-state index in [1.54, 1.807) is 22.7 Å². The van der Waals surface area contributed by atoms with Crippen molar-refractivity contribution >= 4 is 22.7 Å². The molecule has 0 bridgehead atoms. The maximum atomic E-state index is 5.43. The fraction of sp³-hybridized carbons (Fsp3) is 0.500. The number of aromatic nitrogens is 1. The van der Waals surface area contributed by atoms with Crippen LogP contribution in [0.15, 0.2) is 28.4 Å². The zero-order valence-electron chi connectivity index (χ0n) is 10.7. The van der Waals surface area contributed by atoms with Gasteiger partial charge in [-0.3, -0.25) is 0 Å². The summed E-state index contributed by atoms with van der Waals surface area (Å²) in [5, 5.41) is 11.3. The highest BCUT2D eigenvalue weighted by atomic mass is 32.1. The van der Waals surface area contributed by atoms with Crippen LogP contribution >= 0.6 is 22.7 Å². The Bertz CT molecular complexity index is 464. The van der Waals surface area contributed by atoms with E-state index in [4.69, 9.17) is 4.74 Å². The molecule has 19 heavy (non-hydrogen) atoms. The van der Waals surface area contributed by atoms with E-state index in [1.807, 2.05) is 6.20 Å². The second-order valence-electron chi connectivity index (χ2n) is 4.90. The van der Waals surface area contributed by atoms with Crippen molar-refractivity contribution in [1.82, 2.24) is 10.3 Å². The smallest absolute Gasteiger partial charge is 0.110 e. The largest absolute Gasteiger partial charge is 0.381 e. The molecular formula is C14H18N2OS2. The molecule has 0 aromatic carbocycles. The van der Waals surface area contributed by atoms with Gasteiger partial charge in [-0.25, -0.2) is 4.98 Å². The van der Waals surface area contributed by atoms with Gasteiger partial charge in [-0.1, -0.05) is 0 Å². The average Bonchev–Trinajstić information content (AvgIpc) is 3.15. The van der Waals surface area contributed by atoms with Crippen LogP contribution in [0.3, 0.4) is 0 Å². The Morgan fingerprint density at radius 3 is 3.16 bits per heavy atom. The SMILES string of the molecule is c1csc([C@@H](Cc2ccsc2)NC[C@@H]2CCOC2)n1. The highest BCUT2D eigenvalue weighted by Gasteiger charge is 2.20. The third-order valence-corrected chi connectivity index (χ3v) is 5.07. The molecule has 0 unspecified atom stereocenters. The highest BCUT2D eigenvalue weighted by Crippen LogP contribution is 2.22. The Labute approximate surface area is 121 Å². The first kappa shape index (κ1) is 13.2. The molecule has 1 saturated heterocycles. The van der Waals surface area contributed by atoms with Gasteiger partial charge in [0.2, 0.25) is 0 Å². The first-order chi connectivity index (χ1) is 9.42. The van der Waals surface area contributed by atoms with Crippen LogP contribution in [0.2, 0.25) is 0 Å². The molecule has 5 heteroatoms. The number of thiophene rings is 1. The molecule has 0 aliphatic carbocycles. The molecule has 0 spiro atoms. The molecule has 2 aromatic rings. The Hall–Kier alpha value is -0.750. The van der Waals surface area contributed by atoms with E-state index >= 15 is 0 Å². The summed E-state index contributed by atoms with van der Waals surface area (Å²) in [6.07, 6.45) is 4.08. The lowest BCUT2D eigenvalue weighted by Crippen LogP contribution is -2.29. The summed E-state index contributed by atoms with van der Waals surface area (Å²) in [7, 11) is 0. The van der Waals surface area contributed by atoms with Crippen LogP contribution in [0.4, 0.5) is 0 Å². The van der Waals surface area contributed by atoms with Crippen molar-refractivity contribution in [1.29, 1.82) is 0 Å². The van der Waals surface area contributed by atoms with E-state index in [0.29, 0.717) is 12.0 Å². The van der Waals surface area contributed by atoms with E-state index in [1.165, 1.54) is 17.0 Å². The Kier molecular flexibility index (Phi) is 4.61. The molecule has 1 aliphatic rings. The third kappa shape index (κ3) is 3.63. The van der Waals surface area contributed by atoms with Gasteiger partial charge in [-0.05, 0) is 41.1 Å². The van der Waals surface area contributed by atoms with Crippen LogP contribution in [0.5, 0.6) is 0 Å². The van der Waals surface area contributed by atoms with E-state index in [9.17, 15) is 0 Å². The quantitative estimate of drug-likeness (QED) is 0.889. The Morgan fingerprint density at radius 1 is 1.47 bits per heavy atom. The summed E-state index contributed by atoms with van der Waals surface area (Å²) in [6, 6.07) is 2.53. The molecule has 3 heterocycles. The van der Waals surface area contributed by atoms with Crippen molar-refractivity contribution in [2.45, 2.75) is 18.9 Å². The monoisotopic (exact) mass is 294 g/mol. The summed E-state index contributed by atoms with van der Waals surface area (Å²) < 4.78 is 5.43. The van der Waals surface area contributed by atoms with Crippen molar-refractivity contribution in [3.8, 4) is 0 Å². The summed E-state index contributed by atoms with van der Waals surface area (Å²) in [5.41, 5.74) is 1.39. The minimum absolute atomic E-state index is 0.329. The lowest BCUT2D eigenvalue weighted by atomic mass is 10.1. The molecule has 102 valence electrons. The van der Waals surface area contributed by atoms with Crippen LogP contribution in [0.25, 0.3) is 0 Å². The molecule has 0 amide bonds. The van der Waals surface area contributed by atoms with Gasteiger partial charge in [0.05, 0.1) is 12.6 Å². The van der Waals surface area contributed by atoms with Gasteiger partial charge in [0.1, 0.15) is 5.01 Å². The van der Waals surface area contributed by atoms with Crippen LogP contribution in [0.1, 0.15) is 23.0 Å². The number of hydrogen-bond acceptors (Lipinski definition) is 5. The molecule has 0 saturated carbocycles. The van der Waals surface area contributed by atoms with Gasteiger partial charge in [0.15, 0.2) is 0 Å². The highest BCUT2D eigenvalue weighted by molar-refractivity contribution is 7.09. The molecule has 0 radical (unpaired) electrons. The zero-order valence-corrected chi connectivity index (χ0v) is 12.4. The second kappa shape index (κ2) is 6.61. The van der Waals surface area contributed by atoms with Crippen molar-refractivity contribution in [3.63, 3.8) is 0 Å². The minimum Gasteiger partial charge on any atom is -0.381 e. The van der Waals surface area contributed by atoms with Gasteiger partial charge in [0.25, 0.3) is 0 Å². The molecule has 2 aromatic heterocycles. The summed E-state index contributed by atoms with van der Waals surface area (Å²) in [5.74, 6) is 0.657. The number of nitrogens with one attached hydrogen (secondary N) is 1.